The molecule has 2 aliphatic heterocycles. The first-order chi connectivity index (χ1) is 14.1. The zero-order valence-corrected chi connectivity index (χ0v) is 18.1. The Hall–Kier alpha value is -1.47. The maximum Gasteiger partial charge on any atom is 0.226 e. The highest BCUT2D eigenvalue weighted by atomic mass is 16.5. The molecule has 1 aromatic heterocycles. The van der Waals surface area contributed by atoms with Crippen molar-refractivity contribution >= 4 is 5.91 Å². The van der Waals surface area contributed by atoms with Crippen molar-refractivity contribution in [2.45, 2.75) is 71.4 Å². The van der Waals surface area contributed by atoms with Crippen molar-refractivity contribution in [2.75, 3.05) is 32.8 Å². The van der Waals surface area contributed by atoms with E-state index >= 15 is 0 Å². The maximum atomic E-state index is 12.7. The number of amides is 1. The molecule has 1 N–H and O–H groups in total. The number of rotatable bonds is 6. The van der Waals surface area contributed by atoms with Crippen LogP contribution in [0.2, 0.25) is 0 Å². The molecule has 3 aliphatic rings. The summed E-state index contributed by atoms with van der Waals surface area (Å²) in [5.74, 6) is 3.16. The van der Waals surface area contributed by atoms with E-state index in [4.69, 9.17) is 4.74 Å². The average Bonchev–Trinajstić information content (AvgIpc) is 3.35. The standard InChI is InChI=1S/C22H37N5O2/c1-16(2)20(23-22(28)18-9-13-29-15-18)21-25-24-19-8-10-26(11-12-27(19)21)14-17-6-4-3-5-7-17/h16-18,20H,3-15H2,1-2H3,(H,23,28)/t18-,20+/m0/s1. The largest absolute Gasteiger partial charge is 0.381 e. The zero-order chi connectivity index (χ0) is 20.2. The van der Waals surface area contributed by atoms with Gasteiger partial charge in [-0.2, -0.15) is 0 Å². The number of hydrogen-bond donors (Lipinski definition) is 1. The molecule has 7 nitrogen and oxygen atoms in total. The first-order valence-corrected chi connectivity index (χ1v) is 11.6. The molecule has 4 rings (SSSR count). The Morgan fingerprint density at radius 2 is 1.97 bits per heavy atom. The lowest BCUT2D eigenvalue weighted by Gasteiger charge is -2.28. The minimum absolute atomic E-state index is 0.0336. The quantitative estimate of drug-likeness (QED) is 0.790. The molecule has 162 valence electrons. The number of carbonyl (C=O) groups is 1. The molecule has 1 saturated carbocycles. The van der Waals surface area contributed by atoms with Crippen molar-refractivity contribution in [1.29, 1.82) is 0 Å². The summed E-state index contributed by atoms with van der Waals surface area (Å²) in [5, 5.41) is 12.3. The Kier molecular flexibility index (Phi) is 6.85. The average molecular weight is 404 g/mol. The fourth-order valence-corrected chi connectivity index (χ4v) is 5.08. The summed E-state index contributed by atoms with van der Waals surface area (Å²) >= 11 is 0. The van der Waals surface area contributed by atoms with Gasteiger partial charge in [-0.15, -0.1) is 10.2 Å². The van der Waals surface area contributed by atoms with Gasteiger partial charge in [0.15, 0.2) is 5.82 Å². The summed E-state index contributed by atoms with van der Waals surface area (Å²) in [6.45, 7) is 9.74. The van der Waals surface area contributed by atoms with Crippen LogP contribution >= 0.6 is 0 Å². The smallest absolute Gasteiger partial charge is 0.226 e. The van der Waals surface area contributed by atoms with E-state index in [2.05, 4.69) is 38.8 Å². The molecule has 29 heavy (non-hydrogen) atoms. The Morgan fingerprint density at radius 1 is 1.14 bits per heavy atom. The number of ether oxygens (including phenoxy) is 1. The van der Waals surface area contributed by atoms with Crippen molar-refractivity contribution in [3.05, 3.63) is 11.6 Å². The van der Waals surface area contributed by atoms with E-state index in [1.54, 1.807) is 0 Å². The van der Waals surface area contributed by atoms with Crippen molar-refractivity contribution < 1.29 is 9.53 Å². The molecule has 2 fully saturated rings. The van der Waals surface area contributed by atoms with Gasteiger partial charge in [0.2, 0.25) is 5.91 Å². The maximum absolute atomic E-state index is 12.7. The fraction of sp³-hybridized carbons (Fsp3) is 0.864. The molecule has 1 aliphatic carbocycles. The highest BCUT2D eigenvalue weighted by Gasteiger charge is 2.31. The third kappa shape index (κ3) is 5.00. The number of nitrogens with one attached hydrogen (secondary N) is 1. The summed E-state index contributed by atoms with van der Waals surface area (Å²) in [5.41, 5.74) is 0. The molecular weight excluding hydrogens is 366 g/mol. The first-order valence-electron chi connectivity index (χ1n) is 11.6. The molecule has 0 spiro atoms. The highest BCUT2D eigenvalue weighted by molar-refractivity contribution is 5.79. The Bertz CT molecular complexity index is 677. The third-order valence-electron chi connectivity index (χ3n) is 6.93. The van der Waals surface area contributed by atoms with Crippen LogP contribution in [0, 0.1) is 17.8 Å². The minimum Gasteiger partial charge on any atom is -0.381 e. The third-order valence-corrected chi connectivity index (χ3v) is 6.93. The van der Waals surface area contributed by atoms with Crippen LogP contribution in [0.3, 0.4) is 0 Å². The second-order valence-electron chi connectivity index (χ2n) is 9.47. The van der Waals surface area contributed by atoms with Crippen molar-refractivity contribution in [3.63, 3.8) is 0 Å². The van der Waals surface area contributed by atoms with Crippen molar-refractivity contribution in [2.24, 2.45) is 17.8 Å². The van der Waals surface area contributed by atoms with Crippen LogP contribution in [-0.4, -0.2) is 58.4 Å². The lowest BCUT2D eigenvalue weighted by Crippen LogP contribution is -2.38. The van der Waals surface area contributed by atoms with Crippen LogP contribution in [0.5, 0.6) is 0 Å². The highest BCUT2D eigenvalue weighted by Crippen LogP contribution is 2.27. The van der Waals surface area contributed by atoms with Gasteiger partial charge in [0, 0.05) is 39.2 Å². The summed E-state index contributed by atoms with van der Waals surface area (Å²) < 4.78 is 7.67. The van der Waals surface area contributed by atoms with Gasteiger partial charge >= 0.3 is 0 Å². The molecule has 0 aromatic carbocycles. The molecule has 1 amide bonds. The van der Waals surface area contributed by atoms with Gasteiger partial charge in [0.05, 0.1) is 18.6 Å². The molecular formula is C22H37N5O2. The second-order valence-corrected chi connectivity index (χ2v) is 9.47. The van der Waals surface area contributed by atoms with E-state index in [1.807, 2.05) is 0 Å². The van der Waals surface area contributed by atoms with Crippen LogP contribution in [-0.2, 0) is 22.5 Å². The van der Waals surface area contributed by atoms with Gasteiger partial charge in [-0.1, -0.05) is 33.1 Å². The van der Waals surface area contributed by atoms with Crippen molar-refractivity contribution in [1.82, 2.24) is 25.0 Å². The van der Waals surface area contributed by atoms with E-state index in [-0.39, 0.29) is 23.8 Å². The van der Waals surface area contributed by atoms with Gasteiger partial charge in [-0.3, -0.25) is 4.79 Å². The van der Waals surface area contributed by atoms with Crippen LogP contribution in [0.25, 0.3) is 0 Å². The van der Waals surface area contributed by atoms with E-state index in [0.717, 1.165) is 50.0 Å². The van der Waals surface area contributed by atoms with Gasteiger partial charge in [-0.05, 0) is 31.1 Å². The minimum atomic E-state index is -0.103. The molecule has 3 heterocycles. The molecule has 1 aromatic rings. The number of aromatic nitrogens is 3. The monoisotopic (exact) mass is 403 g/mol. The van der Waals surface area contributed by atoms with Crippen LogP contribution < -0.4 is 5.32 Å². The Morgan fingerprint density at radius 3 is 2.69 bits per heavy atom. The number of carbonyl (C=O) groups excluding carboxylic acids is 1. The number of nitrogens with zero attached hydrogens (tertiary/aromatic N) is 4. The summed E-state index contributed by atoms with van der Waals surface area (Å²) in [6, 6.07) is -0.103. The number of fused-ring (bicyclic) bond motifs is 1. The Balaban J connectivity index is 1.42. The van der Waals surface area contributed by atoms with Gasteiger partial charge in [-0.25, -0.2) is 0 Å². The van der Waals surface area contributed by atoms with Crippen LogP contribution in [0.4, 0.5) is 0 Å². The fourth-order valence-electron chi connectivity index (χ4n) is 5.08. The predicted molar refractivity (Wildman–Crippen MR) is 111 cm³/mol. The lowest BCUT2D eigenvalue weighted by atomic mass is 9.89. The molecule has 2 atom stereocenters. The lowest BCUT2D eigenvalue weighted by molar-refractivity contribution is -0.126. The van der Waals surface area contributed by atoms with Crippen LogP contribution in [0.15, 0.2) is 0 Å². The van der Waals surface area contributed by atoms with E-state index in [9.17, 15) is 4.79 Å². The molecule has 0 bridgehead atoms. The van der Waals surface area contributed by atoms with Gasteiger partial charge in [0.25, 0.3) is 0 Å². The molecule has 1 saturated heterocycles. The SMILES string of the molecule is CC(C)[C@@H](NC(=O)[C@H]1CCOC1)c1nnc2n1CCN(CC1CCCCC1)CC2. The molecule has 0 radical (unpaired) electrons. The topological polar surface area (TPSA) is 72.3 Å². The zero-order valence-electron chi connectivity index (χ0n) is 18.1. The van der Waals surface area contributed by atoms with Crippen molar-refractivity contribution in [3.8, 4) is 0 Å². The predicted octanol–water partition coefficient (Wildman–Crippen LogP) is 2.57. The van der Waals surface area contributed by atoms with E-state index in [1.165, 1.54) is 38.6 Å². The van der Waals surface area contributed by atoms with E-state index in [0.29, 0.717) is 13.2 Å². The Labute approximate surface area is 174 Å². The first kappa shape index (κ1) is 20.8. The van der Waals surface area contributed by atoms with Gasteiger partial charge < -0.3 is 19.5 Å². The molecule has 7 heteroatoms. The van der Waals surface area contributed by atoms with Crippen LogP contribution in [0.1, 0.15) is 70.1 Å². The number of hydrogen-bond acceptors (Lipinski definition) is 5. The second kappa shape index (κ2) is 9.56. The normalized spacial score (nSPS) is 25.0. The van der Waals surface area contributed by atoms with Gasteiger partial charge in [0.1, 0.15) is 5.82 Å². The molecule has 0 unspecified atom stereocenters. The van der Waals surface area contributed by atoms with E-state index < -0.39 is 0 Å². The summed E-state index contributed by atoms with van der Waals surface area (Å²) in [6.07, 6.45) is 8.74. The summed E-state index contributed by atoms with van der Waals surface area (Å²) in [4.78, 5) is 15.3. The summed E-state index contributed by atoms with van der Waals surface area (Å²) in [7, 11) is 0.